The van der Waals surface area contributed by atoms with Crippen LogP contribution >= 0.6 is 0 Å². The van der Waals surface area contributed by atoms with Gasteiger partial charge in [0.1, 0.15) is 0 Å². The van der Waals surface area contributed by atoms with E-state index in [2.05, 4.69) is 10.6 Å². The Bertz CT molecular complexity index is 830. The van der Waals surface area contributed by atoms with Gasteiger partial charge in [-0.05, 0) is 31.5 Å². The largest absolute Gasteiger partial charge is 0.388 e. The highest BCUT2D eigenvalue weighted by Crippen LogP contribution is 2.36. The summed E-state index contributed by atoms with van der Waals surface area (Å²) in [4.78, 5) is 26.1. The van der Waals surface area contributed by atoms with E-state index < -0.39 is 0 Å². The summed E-state index contributed by atoms with van der Waals surface area (Å²) in [5, 5.41) is 6.39. The molecular weight excluding hydrogens is 326 g/mol. The highest BCUT2D eigenvalue weighted by molar-refractivity contribution is 6.31. The van der Waals surface area contributed by atoms with Gasteiger partial charge >= 0.3 is 0 Å². The van der Waals surface area contributed by atoms with E-state index in [4.69, 9.17) is 5.73 Å². The number of hydrogen-bond acceptors (Lipinski definition) is 5. The highest BCUT2D eigenvalue weighted by Gasteiger charge is 2.33. The lowest BCUT2D eigenvalue weighted by Crippen LogP contribution is -2.24. The van der Waals surface area contributed by atoms with E-state index >= 15 is 0 Å². The molecule has 4 N–H and O–H groups in total. The Morgan fingerprint density at radius 3 is 2.00 bits per heavy atom. The maximum absolute atomic E-state index is 13.1. The second kappa shape index (κ2) is 8.15. The number of rotatable bonds is 8. The van der Waals surface area contributed by atoms with E-state index in [9.17, 15) is 9.59 Å². The van der Waals surface area contributed by atoms with Crippen molar-refractivity contribution in [3.8, 4) is 0 Å². The molecule has 3 rings (SSSR count). The Labute approximate surface area is 154 Å². The van der Waals surface area contributed by atoms with E-state index in [1.807, 2.05) is 12.1 Å². The van der Waals surface area contributed by atoms with Crippen molar-refractivity contribution in [1.82, 2.24) is 0 Å². The van der Waals surface area contributed by atoms with Crippen molar-refractivity contribution in [1.29, 1.82) is 0 Å². The summed E-state index contributed by atoms with van der Waals surface area (Å²) in [6, 6.07) is 10.8. The molecule has 1 aliphatic rings. The molecule has 0 radical (unpaired) electrons. The van der Waals surface area contributed by atoms with E-state index in [0.717, 1.165) is 44.5 Å². The van der Waals surface area contributed by atoms with Gasteiger partial charge < -0.3 is 16.4 Å². The van der Waals surface area contributed by atoms with Crippen molar-refractivity contribution in [2.75, 3.05) is 30.8 Å². The van der Waals surface area contributed by atoms with Crippen LogP contribution in [0.25, 0.3) is 0 Å². The van der Waals surface area contributed by atoms with Gasteiger partial charge in [-0.3, -0.25) is 9.59 Å². The Hall–Kier alpha value is -2.66. The molecule has 0 aromatic heterocycles. The summed E-state index contributed by atoms with van der Waals surface area (Å²) in [6.07, 6.45) is 4.24. The van der Waals surface area contributed by atoms with Crippen LogP contribution in [0.1, 0.15) is 57.5 Å². The molecule has 0 atom stereocenters. The third kappa shape index (κ3) is 3.35. The summed E-state index contributed by atoms with van der Waals surface area (Å²) >= 11 is 0. The van der Waals surface area contributed by atoms with Crippen LogP contribution in [0, 0.1) is 0 Å². The topological polar surface area (TPSA) is 84.2 Å². The number of hydrogen-bond donors (Lipinski definition) is 3. The summed E-state index contributed by atoms with van der Waals surface area (Å²) in [7, 11) is 1.76. The summed E-state index contributed by atoms with van der Waals surface area (Å²) in [6.45, 7) is 1.49. The first kappa shape index (κ1) is 18.1. The zero-order chi connectivity index (χ0) is 18.5. The predicted octanol–water partition coefficient (Wildman–Crippen LogP) is 3.43. The third-order valence-electron chi connectivity index (χ3n) is 4.79. The lowest BCUT2D eigenvalue weighted by atomic mass is 9.82. The van der Waals surface area contributed by atoms with Crippen molar-refractivity contribution in [3.63, 3.8) is 0 Å². The number of anilines is 2. The zero-order valence-electron chi connectivity index (χ0n) is 15.1. The van der Waals surface area contributed by atoms with Crippen molar-refractivity contribution < 1.29 is 9.59 Å². The number of fused-ring (bicyclic) bond motifs is 2. The van der Waals surface area contributed by atoms with Gasteiger partial charge in [0.2, 0.25) is 0 Å². The van der Waals surface area contributed by atoms with E-state index in [1.54, 1.807) is 31.3 Å². The fourth-order valence-corrected chi connectivity index (χ4v) is 3.42. The number of ketones is 2. The fraction of sp³-hybridized carbons (Fsp3) is 0.333. The zero-order valence-corrected chi connectivity index (χ0v) is 15.1. The molecule has 0 bridgehead atoms. The lowest BCUT2D eigenvalue weighted by Gasteiger charge is -2.23. The van der Waals surface area contributed by atoms with E-state index in [1.165, 1.54) is 0 Å². The summed E-state index contributed by atoms with van der Waals surface area (Å²) < 4.78 is 0. The van der Waals surface area contributed by atoms with Crippen molar-refractivity contribution in [3.05, 3.63) is 58.7 Å². The second-order valence-corrected chi connectivity index (χ2v) is 6.49. The van der Waals surface area contributed by atoms with Crippen LogP contribution in [0.2, 0.25) is 0 Å². The normalized spacial score (nSPS) is 12.5. The van der Waals surface area contributed by atoms with Crippen LogP contribution in [0.3, 0.4) is 0 Å². The molecule has 0 aliphatic heterocycles. The van der Waals surface area contributed by atoms with Crippen LogP contribution in [0.15, 0.2) is 36.4 Å². The van der Waals surface area contributed by atoms with Crippen molar-refractivity contribution in [2.45, 2.75) is 25.7 Å². The molecular formula is C21H25N3O2. The number of nitrogens with one attached hydrogen (secondary N) is 2. The Kier molecular flexibility index (Phi) is 5.68. The average Bonchev–Trinajstić information content (AvgIpc) is 2.68. The third-order valence-corrected chi connectivity index (χ3v) is 4.79. The van der Waals surface area contributed by atoms with Crippen LogP contribution in [-0.2, 0) is 0 Å². The minimum absolute atomic E-state index is 0.0991. The van der Waals surface area contributed by atoms with Gasteiger partial charge in [-0.2, -0.15) is 0 Å². The minimum atomic E-state index is -0.105. The molecule has 136 valence electrons. The van der Waals surface area contributed by atoms with Crippen LogP contribution in [-0.4, -0.2) is 31.7 Å². The van der Waals surface area contributed by atoms with Gasteiger partial charge in [0.15, 0.2) is 11.6 Å². The van der Waals surface area contributed by atoms with Crippen molar-refractivity contribution in [2.24, 2.45) is 5.73 Å². The maximum atomic E-state index is 13.1. The molecule has 2 aromatic rings. The molecule has 0 heterocycles. The van der Waals surface area contributed by atoms with Crippen molar-refractivity contribution >= 4 is 22.9 Å². The SMILES string of the molecule is CNc1ccc(NCCCCCCN)c2c1C(=O)c1ccccc1C2=O. The molecule has 2 aromatic carbocycles. The summed E-state index contributed by atoms with van der Waals surface area (Å²) in [5.74, 6) is -0.205. The van der Waals surface area contributed by atoms with Gasteiger partial charge in [0.05, 0.1) is 11.1 Å². The number of nitrogens with two attached hydrogens (primary N) is 1. The molecule has 5 heteroatoms. The second-order valence-electron chi connectivity index (χ2n) is 6.49. The van der Waals surface area contributed by atoms with Gasteiger partial charge in [-0.1, -0.05) is 37.1 Å². The Balaban J connectivity index is 1.90. The lowest BCUT2D eigenvalue weighted by molar-refractivity contribution is 0.0980. The first-order valence-corrected chi connectivity index (χ1v) is 9.16. The molecule has 0 amide bonds. The fourth-order valence-electron chi connectivity index (χ4n) is 3.42. The van der Waals surface area contributed by atoms with Gasteiger partial charge in [-0.25, -0.2) is 0 Å². The minimum Gasteiger partial charge on any atom is -0.388 e. The van der Waals surface area contributed by atoms with Gasteiger partial charge in [0, 0.05) is 36.1 Å². The van der Waals surface area contributed by atoms with Crippen LogP contribution in [0.5, 0.6) is 0 Å². The molecule has 0 unspecified atom stereocenters. The number of benzene rings is 2. The average molecular weight is 351 g/mol. The smallest absolute Gasteiger partial charge is 0.196 e. The van der Waals surface area contributed by atoms with Crippen LogP contribution < -0.4 is 16.4 Å². The maximum Gasteiger partial charge on any atom is 0.196 e. The summed E-state index contributed by atoms with van der Waals surface area (Å²) in [5.41, 5.74) is 8.81. The quantitative estimate of drug-likeness (QED) is 0.542. The standard InChI is InChI=1S/C21H25N3O2/c1-23-16-10-11-17(24-13-7-3-2-6-12-22)19-18(16)20(25)14-8-4-5-9-15(14)21(19)26/h4-5,8-11,23-24H,2-3,6-7,12-13,22H2,1H3. The number of carbonyl (C=O) groups is 2. The first-order chi connectivity index (χ1) is 12.7. The molecule has 26 heavy (non-hydrogen) atoms. The highest BCUT2D eigenvalue weighted by atomic mass is 16.1. The number of unbranched alkanes of at least 4 members (excludes halogenated alkanes) is 3. The molecule has 0 saturated heterocycles. The molecule has 0 spiro atoms. The van der Waals surface area contributed by atoms with Crippen LogP contribution in [0.4, 0.5) is 11.4 Å². The first-order valence-electron chi connectivity index (χ1n) is 9.16. The predicted molar refractivity (Wildman–Crippen MR) is 105 cm³/mol. The van der Waals surface area contributed by atoms with Gasteiger partial charge in [-0.15, -0.1) is 0 Å². The van der Waals surface area contributed by atoms with E-state index in [0.29, 0.717) is 27.9 Å². The Morgan fingerprint density at radius 2 is 1.38 bits per heavy atom. The molecule has 0 saturated carbocycles. The Morgan fingerprint density at radius 1 is 0.808 bits per heavy atom. The number of carbonyl (C=O) groups excluding carboxylic acids is 2. The van der Waals surface area contributed by atoms with Gasteiger partial charge in [0.25, 0.3) is 0 Å². The monoisotopic (exact) mass is 351 g/mol. The molecule has 1 aliphatic carbocycles. The molecule has 0 fully saturated rings. The van der Waals surface area contributed by atoms with E-state index in [-0.39, 0.29) is 11.6 Å². The molecule has 5 nitrogen and oxygen atoms in total.